The number of aromatic nitrogens is 2. The summed E-state index contributed by atoms with van der Waals surface area (Å²) in [5.74, 6) is 0.341. The zero-order valence-corrected chi connectivity index (χ0v) is 15.3. The van der Waals surface area contributed by atoms with Crippen LogP contribution in [0.2, 0.25) is 0 Å². The second kappa shape index (κ2) is 5.86. The molecule has 2 aliphatic rings. The predicted octanol–water partition coefficient (Wildman–Crippen LogP) is 4.11. The molecule has 0 radical (unpaired) electrons. The molecule has 5 nitrogen and oxygen atoms in total. The second-order valence-corrected chi connectivity index (χ2v) is 8.68. The van der Waals surface area contributed by atoms with Crippen LogP contribution < -0.4 is 0 Å². The largest absolute Gasteiger partial charge is 0.427 e. The maximum atomic E-state index is 12.6. The van der Waals surface area contributed by atoms with Gasteiger partial charge >= 0.3 is 0 Å². The van der Waals surface area contributed by atoms with Gasteiger partial charge in [0.1, 0.15) is 0 Å². The molecule has 0 saturated carbocycles. The van der Waals surface area contributed by atoms with Crippen molar-refractivity contribution in [3.8, 4) is 11.4 Å². The highest BCUT2D eigenvalue weighted by Gasteiger charge is 2.19. The van der Waals surface area contributed by atoms with Crippen LogP contribution in [0.1, 0.15) is 5.56 Å². The van der Waals surface area contributed by atoms with E-state index in [4.69, 9.17) is 0 Å². The molecule has 0 unspecified atom stereocenters. The Morgan fingerprint density at radius 1 is 1.08 bits per heavy atom. The van der Waals surface area contributed by atoms with Gasteiger partial charge in [0.2, 0.25) is 0 Å². The maximum absolute atomic E-state index is 12.6. The SMILES string of the molecule is O=S(=O)(Cc1ccc2nc3n(O)cc(Br)cc-3c2c1)c1ccccc1. The summed E-state index contributed by atoms with van der Waals surface area (Å²) in [6, 6.07) is 15.6. The average molecular weight is 417 g/mol. The molecule has 4 rings (SSSR count). The van der Waals surface area contributed by atoms with E-state index in [2.05, 4.69) is 20.9 Å². The first-order valence-electron chi connectivity index (χ1n) is 7.51. The third-order valence-electron chi connectivity index (χ3n) is 4.02. The van der Waals surface area contributed by atoms with Gasteiger partial charge in [0.25, 0.3) is 0 Å². The van der Waals surface area contributed by atoms with E-state index in [1.54, 1.807) is 42.5 Å². The highest BCUT2D eigenvalue weighted by atomic mass is 79.9. The Balaban J connectivity index is 1.80. The molecule has 1 N–H and O–H groups in total. The molecule has 25 heavy (non-hydrogen) atoms. The zero-order chi connectivity index (χ0) is 17.6. The van der Waals surface area contributed by atoms with E-state index in [0.29, 0.717) is 26.3 Å². The number of rotatable bonds is 3. The second-order valence-electron chi connectivity index (χ2n) is 5.78. The van der Waals surface area contributed by atoms with Crippen molar-refractivity contribution in [2.45, 2.75) is 10.6 Å². The number of pyridine rings is 1. The first-order valence-corrected chi connectivity index (χ1v) is 9.96. The van der Waals surface area contributed by atoms with Gasteiger partial charge in [-0.1, -0.05) is 24.3 Å². The fourth-order valence-corrected chi connectivity index (χ4v) is 4.66. The smallest absolute Gasteiger partial charge is 0.182 e. The van der Waals surface area contributed by atoms with Crippen molar-refractivity contribution in [3.63, 3.8) is 0 Å². The number of nitrogens with zero attached hydrogens (tertiary/aromatic N) is 2. The lowest BCUT2D eigenvalue weighted by Gasteiger charge is -2.06. The van der Waals surface area contributed by atoms with Crippen LogP contribution in [0, 0.1) is 0 Å². The van der Waals surface area contributed by atoms with E-state index in [0.717, 1.165) is 15.7 Å². The molecule has 0 spiro atoms. The molecule has 0 fully saturated rings. The monoisotopic (exact) mass is 416 g/mol. The number of halogens is 1. The molecule has 0 saturated heterocycles. The zero-order valence-electron chi connectivity index (χ0n) is 12.9. The average Bonchev–Trinajstić information content (AvgIpc) is 2.94. The first kappa shape index (κ1) is 16.1. The Morgan fingerprint density at radius 2 is 1.84 bits per heavy atom. The topological polar surface area (TPSA) is 72.2 Å². The lowest BCUT2D eigenvalue weighted by atomic mass is 10.1. The van der Waals surface area contributed by atoms with E-state index in [1.807, 2.05) is 12.1 Å². The number of sulfone groups is 1. The van der Waals surface area contributed by atoms with Gasteiger partial charge in [0.05, 0.1) is 22.4 Å². The fraction of sp³-hybridized carbons (Fsp3) is 0.0556. The molecule has 2 heterocycles. The minimum atomic E-state index is -3.42. The van der Waals surface area contributed by atoms with Crippen LogP contribution in [0.5, 0.6) is 0 Å². The van der Waals surface area contributed by atoms with Crippen LogP contribution in [0.3, 0.4) is 0 Å². The predicted molar refractivity (Wildman–Crippen MR) is 98.6 cm³/mol. The van der Waals surface area contributed by atoms with Crippen molar-refractivity contribution in [3.05, 3.63) is 70.8 Å². The summed E-state index contributed by atoms with van der Waals surface area (Å²) in [5, 5.41) is 10.8. The summed E-state index contributed by atoms with van der Waals surface area (Å²) in [6.45, 7) is 0. The van der Waals surface area contributed by atoms with E-state index in [-0.39, 0.29) is 5.75 Å². The summed E-state index contributed by atoms with van der Waals surface area (Å²) < 4.78 is 26.8. The molecule has 7 heteroatoms. The summed E-state index contributed by atoms with van der Waals surface area (Å²) in [7, 11) is -3.42. The van der Waals surface area contributed by atoms with Crippen LogP contribution in [0.25, 0.3) is 22.3 Å². The number of hydrogen-bond acceptors (Lipinski definition) is 4. The fourth-order valence-electron chi connectivity index (χ4n) is 2.88. The maximum Gasteiger partial charge on any atom is 0.182 e. The Morgan fingerprint density at radius 3 is 2.60 bits per heavy atom. The highest BCUT2D eigenvalue weighted by molar-refractivity contribution is 9.10. The van der Waals surface area contributed by atoms with E-state index in [9.17, 15) is 13.6 Å². The van der Waals surface area contributed by atoms with Crippen LogP contribution in [0.15, 0.2) is 70.2 Å². The number of benzene rings is 2. The Hall–Kier alpha value is -2.38. The molecule has 2 aromatic carbocycles. The Labute approximate surface area is 152 Å². The lowest BCUT2D eigenvalue weighted by Crippen LogP contribution is -2.04. The van der Waals surface area contributed by atoms with Gasteiger partial charge in [-0.2, -0.15) is 4.73 Å². The Bertz CT molecular complexity index is 1150. The van der Waals surface area contributed by atoms with Gasteiger partial charge in [-0.3, -0.25) is 0 Å². The Kier molecular flexibility index (Phi) is 3.77. The van der Waals surface area contributed by atoms with Gasteiger partial charge in [0.15, 0.2) is 15.7 Å². The molecule has 2 aromatic rings. The minimum absolute atomic E-state index is 0.0905. The van der Waals surface area contributed by atoms with E-state index < -0.39 is 9.84 Å². The molecule has 0 bridgehead atoms. The summed E-state index contributed by atoms with van der Waals surface area (Å²) in [6.07, 6.45) is 1.51. The summed E-state index contributed by atoms with van der Waals surface area (Å²) in [4.78, 5) is 4.70. The number of fused-ring (bicyclic) bond motifs is 3. The molecule has 0 atom stereocenters. The molecule has 126 valence electrons. The molecular formula is C18H13BrN2O3S. The van der Waals surface area contributed by atoms with E-state index in [1.165, 1.54) is 6.20 Å². The first-order chi connectivity index (χ1) is 11.9. The van der Waals surface area contributed by atoms with Crippen molar-refractivity contribution >= 4 is 36.7 Å². The van der Waals surface area contributed by atoms with Gasteiger partial charge in [-0.25, -0.2) is 13.4 Å². The standard InChI is InChI=1S/C18H13BrN2O3S/c19-13-9-16-15-8-12(6-7-17(15)20-18(16)21(22)10-13)11-25(23,24)14-4-2-1-3-5-14/h1-10,22H,11H2. The molecule has 2 aliphatic heterocycles. The minimum Gasteiger partial charge on any atom is -0.427 e. The summed E-state index contributed by atoms with van der Waals surface area (Å²) in [5.41, 5.74) is 2.14. The van der Waals surface area contributed by atoms with Crippen molar-refractivity contribution in [2.24, 2.45) is 0 Å². The van der Waals surface area contributed by atoms with Crippen molar-refractivity contribution in [1.82, 2.24) is 9.71 Å². The van der Waals surface area contributed by atoms with Crippen molar-refractivity contribution in [2.75, 3.05) is 0 Å². The van der Waals surface area contributed by atoms with Gasteiger partial charge in [0, 0.05) is 15.4 Å². The van der Waals surface area contributed by atoms with E-state index >= 15 is 0 Å². The van der Waals surface area contributed by atoms with Crippen LogP contribution >= 0.6 is 15.9 Å². The van der Waals surface area contributed by atoms with Crippen molar-refractivity contribution in [1.29, 1.82) is 0 Å². The molecule has 0 aliphatic carbocycles. The molecule has 0 aromatic heterocycles. The lowest BCUT2D eigenvalue weighted by molar-refractivity contribution is 0.186. The van der Waals surface area contributed by atoms with Crippen LogP contribution in [-0.4, -0.2) is 23.3 Å². The highest BCUT2D eigenvalue weighted by Crippen LogP contribution is 2.33. The van der Waals surface area contributed by atoms with Gasteiger partial charge in [-0.15, -0.1) is 0 Å². The van der Waals surface area contributed by atoms with Crippen LogP contribution in [-0.2, 0) is 15.6 Å². The molecular weight excluding hydrogens is 404 g/mol. The van der Waals surface area contributed by atoms with Gasteiger partial charge in [-0.05, 0) is 51.8 Å². The van der Waals surface area contributed by atoms with Crippen LogP contribution in [0.4, 0.5) is 0 Å². The molecule has 0 amide bonds. The summed E-state index contributed by atoms with van der Waals surface area (Å²) >= 11 is 3.35. The third kappa shape index (κ3) is 2.89. The quantitative estimate of drug-likeness (QED) is 0.509. The number of hydrogen-bond donors (Lipinski definition) is 1. The van der Waals surface area contributed by atoms with Gasteiger partial charge < -0.3 is 5.21 Å². The third-order valence-corrected chi connectivity index (χ3v) is 6.16. The normalized spacial score (nSPS) is 12.0. The van der Waals surface area contributed by atoms with Crippen molar-refractivity contribution < 1.29 is 13.6 Å².